The standard InChI is InChI=1S/C17H20N2S/c1-11(12-7-8-12)19(2)16-10-9-15(17(18)20)13-5-3-4-6-14(13)16/h3-6,9-12H,7-8H2,1-2H3,(H2,18,20). The average molecular weight is 284 g/mol. The Kier molecular flexibility index (Phi) is 3.38. The molecule has 3 heteroatoms. The maximum absolute atomic E-state index is 5.84. The minimum atomic E-state index is 0.464. The van der Waals surface area contributed by atoms with E-state index in [0.717, 1.165) is 16.9 Å². The van der Waals surface area contributed by atoms with Gasteiger partial charge in [0.1, 0.15) is 4.99 Å². The van der Waals surface area contributed by atoms with Crippen LogP contribution < -0.4 is 10.6 Å². The van der Waals surface area contributed by atoms with Crippen LogP contribution in [-0.2, 0) is 0 Å². The highest BCUT2D eigenvalue weighted by Crippen LogP contribution is 2.38. The van der Waals surface area contributed by atoms with E-state index in [4.69, 9.17) is 18.0 Å². The highest BCUT2D eigenvalue weighted by atomic mass is 32.1. The van der Waals surface area contributed by atoms with Gasteiger partial charge in [-0.1, -0.05) is 36.5 Å². The molecule has 2 aromatic rings. The molecule has 0 heterocycles. The fourth-order valence-electron chi connectivity index (χ4n) is 2.92. The highest BCUT2D eigenvalue weighted by molar-refractivity contribution is 7.80. The van der Waals surface area contributed by atoms with E-state index in [2.05, 4.69) is 49.2 Å². The van der Waals surface area contributed by atoms with Crippen LogP contribution in [0.5, 0.6) is 0 Å². The summed E-state index contributed by atoms with van der Waals surface area (Å²) < 4.78 is 0. The van der Waals surface area contributed by atoms with Gasteiger partial charge >= 0.3 is 0 Å². The van der Waals surface area contributed by atoms with E-state index in [0.29, 0.717) is 11.0 Å². The molecule has 2 N–H and O–H groups in total. The number of thiocarbonyl (C=S) groups is 1. The van der Waals surface area contributed by atoms with Gasteiger partial charge in [0.05, 0.1) is 0 Å². The van der Waals surface area contributed by atoms with Crippen molar-refractivity contribution in [2.75, 3.05) is 11.9 Å². The van der Waals surface area contributed by atoms with Crippen LogP contribution in [-0.4, -0.2) is 18.1 Å². The molecule has 104 valence electrons. The molecule has 1 saturated carbocycles. The number of benzene rings is 2. The Morgan fingerprint density at radius 1 is 1.20 bits per heavy atom. The summed E-state index contributed by atoms with van der Waals surface area (Å²) in [4.78, 5) is 2.86. The maximum atomic E-state index is 5.84. The molecular weight excluding hydrogens is 264 g/mol. The Labute approximate surface area is 125 Å². The van der Waals surface area contributed by atoms with Gasteiger partial charge in [-0.3, -0.25) is 0 Å². The fraction of sp³-hybridized carbons (Fsp3) is 0.353. The Bertz CT molecular complexity index is 661. The van der Waals surface area contributed by atoms with Crippen LogP contribution >= 0.6 is 12.2 Å². The van der Waals surface area contributed by atoms with Crippen molar-refractivity contribution in [2.45, 2.75) is 25.8 Å². The predicted molar refractivity (Wildman–Crippen MR) is 90.4 cm³/mol. The number of nitrogens with two attached hydrogens (primary N) is 1. The molecule has 0 saturated heterocycles. The van der Waals surface area contributed by atoms with Crippen LogP contribution in [0.4, 0.5) is 5.69 Å². The van der Waals surface area contributed by atoms with E-state index in [1.54, 1.807) is 0 Å². The number of fused-ring (bicyclic) bond motifs is 1. The molecule has 0 aliphatic heterocycles. The minimum absolute atomic E-state index is 0.464. The molecule has 2 aromatic carbocycles. The number of hydrogen-bond donors (Lipinski definition) is 1. The molecule has 1 aliphatic rings. The van der Waals surface area contributed by atoms with E-state index in [9.17, 15) is 0 Å². The molecule has 0 bridgehead atoms. The molecule has 0 radical (unpaired) electrons. The molecule has 0 spiro atoms. The molecule has 1 atom stereocenters. The first-order valence-corrected chi connectivity index (χ1v) is 7.55. The lowest BCUT2D eigenvalue weighted by Gasteiger charge is -2.28. The first kappa shape index (κ1) is 13.4. The van der Waals surface area contributed by atoms with Crippen LogP contribution in [0, 0.1) is 5.92 Å². The first-order valence-electron chi connectivity index (χ1n) is 7.14. The second-order valence-corrected chi connectivity index (χ2v) is 6.17. The summed E-state index contributed by atoms with van der Waals surface area (Å²) in [6.45, 7) is 2.31. The van der Waals surface area contributed by atoms with Crippen LogP contribution in [0.15, 0.2) is 36.4 Å². The quantitative estimate of drug-likeness (QED) is 0.868. The van der Waals surface area contributed by atoms with Gasteiger partial charge in [-0.25, -0.2) is 0 Å². The largest absolute Gasteiger partial charge is 0.389 e. The number of rotatable bonds is 4. The lowest BCUT2D eigenvalue weighted by Crippen LogP contribution is -2.30. The van der Waals surface area contributed by atoms with E-state index in [1.807, 2.05) is 6.07 Å². The summed E-state index contributed by atoms with van der Waals surface area (Å²) >= 11 is 5.17. The molecule has 2 nitrogen and oxygen atoms in total. The fourth-order valence-corrected chi connectivity index (χ4v) is 3.10. The van der Waals surface area contributed by atoms with E-state index < -0.39 is 0 Å². The van der Waals surface area contributed by atoms with Crippen LogP contribution in [0.3, 0.4) is 0 Å². The molecule has 1 unspecified atom stereocenters. The van der Waals surface area contributed by atoms with Gasteiger partial charge < -0.3 is 10.6 Å². The lowest BCUT2D eigenvalue weighted by atomic mass is 10.0. The summed E-state index contributed by atoms with van der Waals surface area (Å²) in [6, 6.07) is 13.1. The highest BCUT2D eigenvalue weighted by Gasteiger charge is 2.31. The summed E-state index contributed by atoms with van der Waals surface area (Å²) in [7, 11) is 2.19. The third-order valence-electron chi connectivity index (χ3n) is 4.46. The predicted octanol–water partition coefficient (Wildman–Crippen LogP) is 3.71. The Balaban J connectivity index is 2.12. The smallest absolute Gasteiger partial charge is 0.104 e. The third kappa shape index (κ3) is 2.27. The Hall–Kier alpha value is -1.61. The number of nitrogens with zero attached hydrogens (tertiary/aromatic N) is 1. The van der Waals surface area contributed by atoms with Gasteiger partial charge in [0.15, 0.2) is 0 Å². The number of hydrogen-bond acceptors (Lipinski definition) is 2. The minimum Gasteiger partial charge on any atom is -0.389 e. The van der Waals surface area contributed by atoms with Gasteiger partial charge in [-0.2, -0.15) is 0 Å². The first-order chi connectivity index (χ1) is 9.59. The van der Waals surface area contributed by atoms with Crippen molar-refractivity contribution in [1.82, 2.24) is 0 Å². The zero-order valence-electron chi connectivity index (χ0n) is 12.0. The van der Waals surface area contributed by atoms with Crippen LogP contribution in [0.2, 0.25) is 0 Å². The molecule has 1 aliphatic carbocycles. The Morgan fingerprint density at radius 2 is 1.85 bits per heavy atom. The molecular formula is C17H20N2S. The van der Waals surface area contributed by atoms with Crippen molar-refractivity contribution < 1.29 is 0 Å². The van der Waals surface area contributed by atoms with Crippen LogP contribution in [0.1, 0.15) is 25.3 Å². The normalized spacial score (nSPS) is 16.1. The maximum Gasteiger partial charge on any atom is 0.104 e. The molecule has 20 heavy (non-hydrogen) atoms. The second-order valence-electron chi connectivity index (χ2n) is 5.73. The SMILES string of the molecule is CC(C1CC1)N(C)c1ccc(C(N)=S)c2ccccc12. The monoisotopic (exact) mass is 284 g/mol. The van der Waals surface area contributed by atoms with Crippen molar-refractivity contribution in [3.05, 3.63) is 42.0 Å². The van der Waals surface area contributed by atoms with E-state index in [-0.39, 0.29) is 0 Å². The zero-order valence-corrected chi connectivity index (χ0v) is 12.8. The summed E-state index contributed by atoms with van der Waals surface area (Å²) in [6.07, 6.45) is 2.71. The van der Waals surface area contributed by atoms with Crippen molar-refractivity contribution in [3.63, 3.8) is 0 Å². The van der Waals surface area contributed by atoms with Gasteiger partial charge in [-0.15, -0.1) is 0 Å². The van der Waals surface area contributed by atoms with Crippen molar-refractivity contribution in [3.8, 4) is 0 Å². The van der Waals surface area contributed by atoms with Gasteiger partial charge in [0.25, 0.3) is 0 Å². The van der Waals surface area contributed by atoms with E-state index in [1.165, 1.54) is 23.9 Å². The van der Waals surface area contributed by atoms with Crippen LogP contribution in [0.25, 0.3) is 10.8 Å². The molecule has 3 rings (SSSR count). The lowest BCUT2D eigenvalue weighted by molar-refractivity contribution is 0.610. The van der Waals surface area contributed by atoms with Gasteiger partial charge in [0.2, 0.25) is 0 Å². The third-order valence-corrected chi connectivity index (χ3v) is 4.68. The molecule has 1 fully saturated rings. The Morgan fingerprint density at radius 3 is 2.45 bits per heavy atom. The summed E-state index contributed by atoms with van der Waals surface area (Å²) in [5.74, 6) is 0.842. The molecule has 0 aromatic heterocycles. The summed E-state index contributed by atoms with van der Waals surface area (Å²) in [5, 5.41) is 2.38. The zero-order chi connectivity index (χ0) is 14.3. The summed E-state index contributed by atoms with van der Waals surface area (Å²) in [5.41, 5.74) is 8.07. The van der Waals surface area contributed by atoms with Gasteiger partial charge in [-0.05, 0) is 43.2 Å². The topological polar surface area (TPSA) is 29.3 Å². The number of anilines is 1. The van der Waals surface area contributed by atoms with Gasteiger partial charge in [0, 0.05) is 29.7 Å². The van der Waals surface area contributed by atoms with Crippen molar-refractivity contribution in [1.29, 1.82) is 0 Å². The van der Waals surface area contributed by atoms with Crippen molar-refractivity contribution in [2.24, 2.45) is 11.7 Å². The molecule has 0 amide bonds. The van der Waals surface area contributed by atoms with Crippen molar-refractivity contribution >= 4 is 33.7 Å². The average Bonchev–Trinajstić information content (AvgIpc) is 3.29. The van der Waals surface area contributed by atoms with E-state index >= 15 is 0 Å². The second kappa shape index (κ2) is 5.06.